The molecule has 2 aromatic rings. The predicted octanol–water partition coefficient (Wildman–Crippen LogP) is 4.32. The van der Waals surface area contributed by atoms with Crippen LogP contribution in [-0.4, -0.2) is 17.4 Å². The molecule has 2 rings (SSSR count). The van der Waals surface area contributed by atoms with Gasteiger partial charge in [-0.2, -0.15) is 0 Å². The van der Waals surface area contributed by atoms with Crippen LogP contribution in [0.25, 0.3) is 0 Å². The molecule has 0 aliphatic heterocycles. The molecule has 1 N–H and O–H groups in total. The van der Waals surface area contributed by atoms with Crippen LogP contribution in [0.1, 0.15) is 29.5 Å². The van der Waals surface area contributed by atoms with Crippen molar-refractivity contribution in [1.29, 1.82) is 0 Å². The number of rotatable bonds is 7. The molecule has 132 valence electrons. The monoisotopic (exact) mass is 342 g/mol. The van der Waals surface area contributed by atoms with Crippen LogP contribution in [0.4, 0.5) is 11.4 Å². The quantitative estimate of drug-likeness (QED) is 0.461. The molecule has 0 radical (unpaired) electrons. The van der Waals surface area contributed by atoms with Crippen molar-refractivity contribution in [3.8, 4) is 5.75 Å². The maximum absolute atomic E-state index is 12.1. The number of nitro groups is 1. The van der Waals surface area contributed by atoms with Gasteiger partial charge in [0.15, 0.2) is 0 Å². The largest absolute Gasteiger partial charge is 0.494 e. The van der Waals surface area contributed by atoms with Gasteiger partial charge in [-0.25, -0.2) is 0 Å². The highest BCUT2D eigenvalue weighted by Gasteiger charge is 2.09. The molecule has 6 nitrogen and oxygen atoms in total. The van der Waals surface area contributed by atoms with Crippen LogP contribution >= 0.6 is 0 Å². The van der Waals surface area contributed by atoms with Crippen LogP contribution in [0.15, 0.2) is 36.4 Å². The van der Waals surface area contributed by atoms with Crippen LogP contribution in [0.3, 0.4) is 0 Å². The van der Waals surface area contributed by atoms with Gasteiger partial charge in [-0.15, -0.1) is 0 Å². The van der Waals surface area contributed by atoms with E-state index in [1.165, 1.54) is 17.7 Å². The first-order valence-corrected chi connectivity index (χ1v) is 8.12. The molecule has 0 unspecified atom stereocenters. The number of nitrogens with zero attached hydrogens (tertiary/aromatic N) is 1. The molecule has 2 aromatic carbocycles. The maximum atomic E-state index is 12.1. The third-order valence-electron chi connectivity index (χ3n) is 3.81. The van der Waals surface area contributed by atoms with Crippen molar-refractivity contribution < 1.29 is 14.5 Å². The van der Waals surface area contributed by atoms with E-state index in [1.807, 2.05) is 32.9 Å². The van der Waals surface area contributed by atoms with Crippen molar-refractivity contribution in [2.45, 2.75) is 33.6 Å². The van der Waals surface area contributed by atoms with Crippen LogP contribution in [0.5, 0.6) is 5.75 Å². The zero-order valence-corrected chi connectivity index (χ0v) is 14.7. The molecule has 0 spiro atoms. The third-order valence-corrected chi connectivity index (χ3v) is 3.81. The van der Waals surface area contributed by atoms with E-state index in [1.54, 1.807) is 12.1 Å². The lowest BCUT2D eigenvalue weighted by Crippen LogP contribution is -2.14. The normalized spacial score (nSPS) is 10.4. The zero-order chi connectivity index (χ0) is 18.4. The second-order valence-electron chi connectivity index (χ2n) is 6.02. The Morgan fingerprint density at radius 2 is 1.72 bits per heavy atom. The van der Waals surface area contributed by atoms with E-state index in [-0.39, 0.29) is 11.6 Å². The Hall–Kier alpha value is -2.89. The van der Waals surface area contributed by atoms with Gasteiger partial charge >= 0.3 is 0 Å². The topological polar surface area (TPSA) is 81.5 Å². The minimum absolute atomic E-state index is 0.0237. The summed E-state index contributed by atoms with van der Waals surface area (Å²) >= 11 is 0. The van der Waals surface area contributed by atoms with Crippen molar-refractivity contribution in [2.75, 3.05) is 11.9 Å². The van der Waals surface area contributed by atoms with Crippen LogP contribution in [0, 0.1) is 30.9 Å². The van der Waals surface area contributed by atoms with Gasteiger partial charge in [0.1, 0.15) is 5.75 Å². The fourth-order valence-electron chi connectivity index (χ4n) is 2.67. The van der Waals surface area contributed by atoms with Crippen molar-refractivity contribution in [1.82, 2.24) is 0 Å². The SMILES string of the molecule is Cc1cc(C)c(NC(=O)CCCOc2ccc([N+](=O)[O-])cc2)c(C)c1. The van der Waals surface area contributed by atoms with E-state index < -0.39 is 4.92 Å². The van der Waals surface area contributed by atoms with Gasteiger partial charge in [0.25, 0.3) is 5.69 Å². The highest BCUT2D eigenvalue weighted by Crippen LogP contribution is 2.22. The minimum atomic E-state index is -0.455. The van der Waals surface area contributed by atoms with E-state index in [0.717, 1.165) is 16.8 Å². The molecule has 25 heavy (non-hydrogen) atoms. The lowest BCUT2D eigenvalue weighted by atomic mass is 10.0. The third kappa shape index (κ3) is 5.31. The van der Waals surface area contributed by atoms with Crippen molar-refractivity contribution in [3.05, 3.63) is 63.2 Å². The number of non-ortho nitro benzene ring substituents is 1. The van der Waals surface area contributed by atoms with E-state index in [9.17, 15) is 14.9 Å². The van der Waals surface area contributed by atoms with Crippen molar-refractivity contribution >= 4 is 17.3 Å². The summed E-state index contributed by atoms with van der Waals surface area (Å²) < 4.78 is 5.50. The van der Waals surface area contributed by atoms with Crippen LogP contribution < -0.4 is 10.1 Å². The first-order valence-electron chi connectivity index (χ1n) is 8.12. The fraction of sp³-hybridized carbons (Fsp3) is 0.316. The summed E-state index contributed by atoms with van der Waals surface area (Å²) in [6, 6.07) is 9.98. The Morgan fingerprint density at radius 1 is 1.12 bits per heavy atom. The van der Waals surface area contributed by atoms with E-state index in [4.69, 9.17) is 4.74 Å². The molecule has 0 aliphatic carbocycles. The molecule has 0 heterocycles. The number of aryl methyl sites for hydroxylation is 3. The zero-order valence-electron chi connectivity index (χ0n) is 14.7. The molecule has 0 saturated heterocycles. The summed E-state index contributed by atoms with van der Waals surface area (Å²) in [6.07, 6.45) is 0.909. The molecule has 6 heteroatoms. The molecular formula is C19H22N2O4. The number of nitrogens with one attached hydrogen (secondary N) is 1. The Morgan fingerprint density at radius 3 is 2.28 bits per heavy atom. The molecule has 0 aromatic heterocycles. The first-order chi connectivity index (χ1) is 11.9. The summed E-state index contributed by atoms with van der Waals surface area (Å²) in [5, 5.41) is 13.5. The Bertz CT molecular complexity index is 746. The Labute approximate surface area is 147 Å². The molecule has 0 atom stereocenters. The molecular weight excluding hydrogens is 320 g/mol. The molecule has 1 amide bonds. The van der Waals surface area contributed by atoms with Gasteiger partial charge in [0.2, 0.25) is 5.91 Å². The standard InChI is InChI=1S/C19H22N2O4/c1-13-11-14(2)19(15(3)12-13)20-18(22)5-4-10-25-17-8-6-16(7-9-17)21(23)24/h6-9,11-12H,4-5,10H2,1-3H3,(H,20,22). The Balaban J connectivity index is 1.78. The second kappa shape index (κ2) is 8.28. The lowest BCUT2D eigenvalue weighted by molar-refractivity contribution is -0.384. The number of carbonyl (C=O) groups excluding carboxylic acids is 1. The number of ether oxygens (including phenoxy) is 1. The molecule has 0 bridgehead atoms. The summed E-state index contributed by atoms with van der Waals surface area (Å²) in [5.74, 6) is 0.499. The molecule has 0 fully saturated rings. The van der Waals surface area contributed by atoms with E-state index >= 15 is 0 Å². The predicted molar refractivity (Wildman–Crippen MR) is 97.1 cm³/mol. The fourth-order valence-corrected chi connectivity index (χ4v) is 2.67. The number of nitro benzene ring substituents is 1. The van der Waals surface area contributed by atoms with Crippen LogP contribution in [0.2, 0.25) is 0 Å². The lowest BCUT2D eigenvalue weighted by Gasteiger charge is -2.13. The van der Waals surface area contributed by atoms with Gasteiger partial charge < -0.3 is 10.1 Å². The summed E-state index contributed by atoms with van der Waals surface area (Å²) in [6.45, 7) is 6.36. The number of hydrogen-bond donors (Lipinski definition) is 1. The van der Waals surface area contributed by atoms with Gasteiger partial charge in [0.05, 0.1) is 11.5 Å². The number of benzene rings is 2. The summed E-state index contributed by atoms with van der Waals surface area (Å²) in [5.41, 5.74) is 4.16. The highest BCUT2D eigenvalue weighted by molar-refractivity contribution is 5.92. The highest BCUT2D eigenvalue weighted by atomic mass is 16.6. The number of anilines is 1. The number of carbonyl (C=O) groups is 1. The van der Waals surface area contributed by atoms with Gasteiger partial charge in [-0.3, -0.25) is 14.9 Å². The second-order valence-corrected chi connectivity index (χ2v) is 6.02. The van der Waals surface area contributed by atoms with E-state index in [0.29, 0.717) is 25.2 Å². The smallest absolute Gasteiger partial charge is 0.269 e. The van der Waals surface area contributed by atoms with Crippen molar-refractivity contribution in [3.63, 3.8) is 0 Å². The van der Waals surface area contributed by atoms with Crippen LogP contribution in [-0.2, 0) is 4.79 Å². The van der Waals surface area contributed by atoms with Crippen molar-refractivity contribution in [2.24, 2.45) is 0 Å². The van der Waals surface area contributed by atoms with Gasteiger partial charge in [-0.1, -0.05) is 17.7 Å². The van der Waals surface area contributed by atoms with Gasteiger partial charge in [-0.05, 0) is 50.5 Å². The summed E-state index contributed by atoms with van der Waals surface area (Å²) in [7, 11) is 0. The first kappa shape index (κ1) is 18.4. The van der Waals surface area contributed by atoms with E-state index in [2.05, 4.69) is 5.32 Å². The van der Waals surface area contributed by atoms with Gasteiger partial charge in [0, 0.05) is 24.2 Å². The maximum Gasteiger partial charge on any atom is 0.269 e. The average Bonchev–Trinajstić information content (AvgIpc) is 2.55. The molecule has 0 aliphatic rings. The summed E-state index contributed by atoms with van der Waals surface area (Å²) in [4.78, 5) is 22.2. The minimum Gasteiger partial charge on any atom is -0.494 e. The number of hydrogen-bond acceptors (Lipinski definition) is 4. The average molecular weight is 342 g/mol. The Kier molecular flexibility index (Phi) is 6.11. The molecule has 0 saturated carbocycles. The number of amides is 1.